The summed E-state index contributed by atoms with van der Waals surface area (Å²) in [5, 5.41) is 0. The fourth-order valence-electron chi connectivity index (χ4n) is 4.26. The highest BCUT2D eigenvalue weighted by atomic mass is 15.3. The quantitative estimate of drug-likeness (QED) is 0.855. The van der Waals surface area contributed by atoms with E-state index in [9.17, 15) is 0 Å². The lowest BCUT2D eigenvalue weighted by atomic mass is 9.87. The zero-order chi connectivity index (χ0) is 15.5. The van der Waals surface area contributed by atoms with Gasteiger partial charge in [0.25, 0.3) is 0 Å². The monoisotopic (exact) mass is 296 g/mol. The number of nitrogens with two attached hydrogens (primary N) is 1. The summed E-state index contributed by atoms with van der Waals surface area (Å²) in [6, 6.07) is 1.33. The minimum Gasteiger partial charge on any atom is -0.329 e. The second-order valence-electron chi connectivity index (χ2n) is 7.34. The molecule has 2 aliphatic rings. The first-order chi connectivity index (χ1) is 10.0. The van der Waals surface area contributed by atoms with Crippen LogP contribution in [0.5, 0.6) is 0 Å². The molecule has 0 aromatic heterocycles. The molecule has 0 spiro atoms. The van der Waals surface area contributed by atoms with E-state index >= 15 is 0 Å². The lowest BCUT2D eigenvalue weighted by Crippen LogP contribution is -2.62. The Labute approximate surface area is 131 Å². The summed E-state index contributed by atoms with van der Waals surface area (Å²) < 4.78 is 0. The van der Waals surface area contributed by atoms with E-state index in [4.69, 9.17) is 5.73 Å². The first-order valence-corrected chi connectivity index (χ1v) is 8.95. The Morgan fingerprint density at radius 2 is 1.90 bits per heavy atom. The molecule has 2 aliphatic heterocycles. The zero-order valence-corrected chi connectivity index (χ0v) is 14.6. The van der Waals surface area contributed by atoms with E-state index in [1.165, 1.54) is 58.5 Å². The third kappa shape index (κ3) is 3.79. The van der Waals surface area contributed by atoms with E-state index in [1.807, 2.05) is 0 Å². The van der Waals surface area contributed by atoms with Crippen LogP contribution in [0.25, 0.3) is 0 Å². The maximum absolute atomic E-state index is 6.30. The third-order valence-electron chi connectivity index (χ3n) is 5.90. The number of nitrogens with zero attached hydrogens (tertiary/aromatic N) is 3. The molecule has 0 bridgehead atoms. The van der Waals surface area contributed by atoms with Gasteiger partial charge in [-0.15, -0.1) is 0 Å². The molecule has 2 atom stereocenters. The molecule has 2 saturated heterocycles. The summed E-state index contributed by atoms with van der Waals surface area (Å²) in [7, 11) is 0. The molecular formula is C17H36N4. The molecular weight excluding hydrogens is 260 g/mol. The van der Waals surface area contributed by atoms with Crippen LogP contribution in [0.2, 0.25) is 0 Å². The summed E-state index contributed by atoms with van der Waals surface area (Å²) in [6.45, 7) is 17.3. The Kier molecular flexibility index (Phi) is 6.06. The predicted molar refractivity (Wildman–Crippen MR) is 90.6 cm³/mol. The largest absolute Gasteiger partial charge is 0.329 e. The second kappa shape index (κ2) is 7.40. The van der Waals surface area contributed by atoms with Gasteiger partial charge in [0.15, 0.2) is 0 Å². The number of rotatable bonds is 4. The van der Waals surface area contributed by atoms with Gasteiger partial charge in [0, 0.05) is 50.3 Å². The molecule has 2 fully saturated rings. The molecule has 2 unspecified atom stereocenters. The molecule has 0 aromatic rings. The van der Waals surface area contributed by atoms with Crippen molar-refractivity contribution in [3.63, 3.8) is 0 Å². The van der Waals surface area contributed by atoms with E-state index in [-0.39, 0.29) is 5.54 Å². The van der Waals surface area contributed by atoms with Crippen LogP contribution >= 0.6 is 0 Å². The highest BCUT2D eigenvalue weighted by Crippen LogP contribution is 2.30. The van der Waals surface area contributed by atoms with Crippen LogP contribution in [0.1, 0.15) is 47.0 Å². The molecule has 0 saturated carbocycles. The van der Waals surface area contributed by atoms with E-state index in [0.717, 1.165) is 6.54 Å². The molecule has 0 radical (unpaired) electrons. The van der Waals surface area contributed by atoms with Crippen LogP contribution in [0, 0.1) is 0 Å². The average molecular weight is 297 g/mol. The van der Waals surface area contributed by atoms with Crippen molar-refractivity contribution in [1.82, 2.24) is 14.7 Å². The summed E-state index contributed by atoms with van der Waals surface area (Å²) in [6.07, 6.45) is 3.80. The van der Waals surface area contributed by atoms with Gasteiger partial charge in [-0.05, 0) is 53.1 Å². The summed E-state index contributed by atoms with van der Waals surface area (Å²) in [5.41, 5.74) is 6.55. The fraction of sp³-hybridized carbons (Fsp3) is 1.00. The van der Waals surface area contributed by atoms with Crippen molar-refractivity contribution < 1.29 is 0 Å². The molecule has 0 aliphatic carbocycles. The summed E-state index contributed by atoms with van der Waals surface area (Å²) >= 11 is 0. The van der Waals surface area contributed by atoms with Crippen molar-refractivity contribution in [2.75, 3.05) is 45.8 Å². The topological polar surface area (TPSA) is 35.7 Å². The van der Waals surface area contributed by atoms with Gasteiger partial charge in [-0.1, -0.05) is 6.92 Å². The van der Waals surface area contributed by atoms with Crippen LogP contribution in [0.4, 0.5) is 0 Å². The lowest BCUT2D eigenvalue weighted by molar-refractivity contribution is 0.00198. The van der Waals surface area contributed by atoms with Gasteiger partial charge in [-0.3, -0.25) is 9.80 Å². The SMILES string of the molecule is CCN1CCN(C2(CN)CCCN(C(C)C)CC2)CC1C. The molecule has 21 heavy (non-hydrogen) atoms. The van der Waals surface area contributed by atoms with Crippen LogP contribution < -0.4 is 5.73 Å². The molecule has 2 rings (SSSR count). The van der Waals surface area contributed by atoms with Crippen molar-refractivity contribution in [2.45, 2.75) is 64.6 Å². The molecule has 2 heterocycles. The highest BCUT2D eigenvalue weighted by Gasteiger charge is 2.40. The van der Waals surface area contributed by atoms with Crippen molar-refractivity contribution in [1.29, 1.82) is 0 Å². The maximum atomic E-state index is 6.30. The summed E-state index contributed by atoms with van der Waals surface area (Å²) in [4.78, 5) is 7.95. The van der Waals surface area contributed by atoms with Crippen LogP contribution in [0.3, 0.4) is 0 Å². The number of likely N-dealkylation sites (N-methyl/N-ethyl adjacent to an activating group) is 1. The normalized spacial score (nSPS) is 34.3. The van der Waals surface area contributed by atoms with Crippen LogP contribution in [0.15, 0.2) is 0 Å². The number of piperazine rings is 1. The number of hydrogen-bond donors (Lipinski definition) is 1. The Bertz CT molecular complexity index is 320. The molecule has 4 nitrogen and oxygen atoms in total. The summed E-state index contributed by atoms with van der Waals surface area (Å²) in [5.74, 6) is 0. The van der Waals surface area contributed by atoms with E-state index < -0.39 is 0 Å². The first-order valence-electron chi connectivity index (χ1n) is 8.95. The Hall–Kier alpha value is -0.160. The van der Waals surface area contributed by atoms with Crippen LogP contribution in [-0.2, 0) is 0 Å². The van der Waals surface area contributed by atoms with E-state index in [1.54, 1.807) is 0 Å². The first kappa shape index (κ1) is 17.2. The van der Waals surface area contributed by atoms with E-state index in [2.05, 4.69) is 42.4 Å². The lowest BCUT2D eigenvalue weighted by Gasteiger charge is -2.49. The number of likely N-dealkylation sites (tertiary alicyclic amines) is 1. The van der Waals surface area contributed by atoms with Crippen molar-refractivity contribution in [2.24, 2.45) is 5.73 Å². The molecule has 2 N–H and O–H groups in total. The predicted octanol–water partition coefficient (Wildman–Crippen LogP) is 1.60. The highest BCUT2D eigenvalue weighted by molar-refractivity contribution is 4.98. The fourth-order valence-corrected chi connectivity index (χ4v) is 4.26. The van der Waals surface area contributed by atoms with E-state index in [0.29, 0.717) is 12.1 Å². The van der Waals surface area contributed by atoms with Crippen molar-refractivity contribution in [3.05, 3.63) is 0 Å². The van der Waals surface area contributed by atoms with Gasteiger partial charge in [0.2, 0.25) is 0 Å². The Morgan fingerprint density at radius 1 is 1.14 bits per heavy atom. The molecule has 4 heteroatoms. The molecule has 0 amide bonds. The minimum atomic E-state index is 0.248. The Morgan fingerprint density at radius 3 is 2.48 bits per heavy atom. The van der Waals surface area contributed by atoms with Crippen molar-refractivity contribution >= 4 is 0 Å². The van der Waals surface area contributed by atoms with Gasteiger partial charge in [0.1, 0.15) is 0 Å². The van der Waals surface area contributed by atoms with Gasteiger partial charge >= 0.3 is 0 Å². The van der Waals surface area contributed by atoms with Gasteiger partial charge in [-0.2, -0.15) is 0 Å². The molecule has 124 valence electrons. The smallest absolute Gasteiger partial charge is 0.0345 e. The van der Waals surface area contributed by atoms with Gasteiger partial charge < -0.3 is 10.6 Å². The molecule has 0 aromatic carbocycles. The maximum Gasteiger partial charge on any atom is 0.0345 e. The standard InChI is InChI=1S/C17H36N4/c1-5-19-11-12-21(13-16(19)4)17(14-18)7-6-9-20(10-8-17)15(2)3/h15-16H,5-14,18H2,1-4H3. The van der Waals surface area contributed by atoms with Gasteiger partial charge in [-0.25, -0.2) is 0 Å². The van der Waals surface area contributed by atoms with Crippen LogP contribution in [-0.4, -0.2) is 78.1 Å². The second-order valence-corrected chi connectivity index (χ2v) is 7.34. The third-order valence-corrected chi connectivity index (χ3v) is 5.90. The minimum absolute atomic E-state index is 0.248. The number of hydrogen-bond acceptors (Lipinski definition) is 4. The van der Waals surface area contributed by atoms with Gasteiger partial charge in [0.05, 0.1) is 0 Å². The average Bonchev–Trinajstić information content (AvgIpc) is 2.70. The zero-order valence-electron chi connectivity index (χ0n) is 14.6. The Balaban J connectivity index is 2.04. The van der Waals surface area contributed by atoms with Crippen molar-refractivity contribution in [3.8, 4) is 0 Å².